The maximum Gasteiger partial charge on any atom is 0.289 e. The smallest absolute Gasteiger partial charge is 0.289 e. The van der Waals surface area contributed by atoms with Crippen molar-refractivity contribution < 1.29 is 57.3 Å². The van der Waals surface area contributed by atoms with Crippen molar-refractivity contribution in [1.29, 1.82) is 0 Å². The minimum atomic E-state index is -0.714. The number of benzene rings is 3. The van der Waals surface area contributed by atoms with Crippen molar-refractivity contribution in [2.45, 2.75) is 76.7 Å². The Balaban J connectivity index is 1.14. The van der Waals surface area contributed by atoms with Gasteiger partial charge in [-0.25, -0.2) is 0 Å². The third kappa shape index (κ3) is 9.48. The van der Waals surface area contributed by atoms with Crippen LogP contribution in [-0.2, 0) is 36.6 Å². The predicted molar refractivity (Wildman–Crippen MR) is 238 cm³/mol. The van der Waals surface area contributed by atoms with E-state index in [2.05, 4.69) is 36.1 Å². The van der Waals surface area contributed by atoms with Gasteiger partial charge in [0.15, 0.2) is 40.3 Å². The highest BCUT2D eigenvalue weighted by atomic mass is 16.7. The van der Waals surface area contributed by atoms with Gasteiger partial charge in [0.25, 0.3) is 5.91 Å². The zero-order valence-corrected chi connectivity index (χ0v) is 38.3. The van der Waals surface area contributed by atoms with E-state index in [9.17, 15) is 0 Å². The minimum absolute atomic E-state index is 0.0337. The standard InChI is InChI=1S/C50H66N2O12/c1-7-31-29-51-14-11-33-23-43(55-3)45(57-5)27-38(33)40(51)21-35(31)22-41-39-28-46(58-6)44(56-4)24-34(39)12-15-52(41)49(54)48-26-37(32-9-10-42-47(25-32)63-30-62-42)36(50(64-48)61-8-2)13-17-59-19-20-60-18-16-53/h9-10,23-28,31,35-37,40-41,50,53H,7-8,11-22,29-30H2,1-6H3/t31-,35+,36+,37-,40-,41+,50-/m0/s1. The maximum atomic E-state index is 15.5. The zero-order valence-electron chi connectivity index (χ0n) is 38.3. The van der Waals surface area contributed by atoms with Crippen molar-refractivity contribution in [2.24, 2.45) is 17.8 Å². The van der Waals surface area contributed by atoms with Crippen LogP contribution in [0.25, 0.3) is 0 Å². The highest BCUT2D eigenvalue weighted by Gasteiger charge is 2.45. The number of nitrogens with zero attached hydrogens (tertiary/aromatic N) is 2. The molecule has 1 N–H and O–H groups in total. The molecule has 1 saturated heterocycles. The molecule has 0 unspecified atom stereocenters. The highest BCUT2D eigenvalue weighted by molar-refractivity contribution is 5.92. The number of rotatable bonds is 19. The first-order chi connectivity index (χ1) is 31.3. The second-order valence-corrected chi connectivity index (χ2v) is 17.2. The van der Waals surface area contributed by atoms with Crippen molar-refractivity contribution >= 4 is 5.91 Å². The molecule has 5 aliphatic rings. The van der Waals surface area contributed by atoms with Crippen LogP contribution in [-0.4, -0.2) is 122 Å². The molecule has 1 amide bonds. The molecule has 0 saturated carbocycles. The average Bonchev–Trinajstić information content (AvgIpc) is 3.81. The van der Waals surface area contributed by atoms with Gasteiger partial charge in [-0.05, 0) is 121 Å². The van der Waals surface area contributed by atoms with Crippen molar-refractivity contribution in [3.8, 4) is 34.5 Å². The summed E-state index contributed by atoms with van der Waals surface area (Å²) in [5.74, 6) is 4.60. The topological polar surface area (TPSA) is 136 Å². The van der Waals surface area contributed by atoms with Crippen LogP contribution in [0.3, 0.4) is 0 Å². The van der Waals surface area contributed by atoms with E-state index < -0.39 is 6.29 Å². The van der Waals surface area contributed by atoms with Crippen LogP contribution in [0.1, 0.15) is 85.3 Å². The number of fused-ring (bicyclic) bond motifs is 5. The van der Waals surface area contributed by atoms with Gasteiger partial charge in [-0.15, -0.1) is 0 Å². The number of carbonyl (C=O) groups is 1. The lowest BCUT2D eigenvalue weighted by atomic mass is 9.72. The lowest BCUT2D eigenvalue weighted by Gasteiger charge is -2.49. The van der Waals surface area contributed by atoms with Gasteiger partial charge in [-0.3, -0.25) is 9.69 Å². The number of aliphatic hydroxyl groups is 1. The maximum absolute atomic E-state index is 15.5. The van der Waals surface area contributed by atoms with Gasteiger partial charge in [0.05, 0.1) is 60.9 Å². The molecule has 0 bridgehead atoms. The Hall–Kier alpha value is -4.73. The summed E-state index contributed by atoms with van der Waals surface area (Å²) in [6.07, 6.45) is 6.26. The molecule has 7 atom stereocenters. The van der Waals surface area contributed by atoms with Crippen molar-refractivity contribution in [3.63, 3.8) is 0 Å². The highest BCUT2D eigenvalue weighted by Crippen LogP contribution is 2.50. The quantitative estimate of drug-likeness (QED) is 0.124. The Morgan fingerprint density at radius 2 is 1.45 bits per heavy atom. The van der Waals surface area contributed by atoms with Gasteiger partial charge in [0, 0.05) is 50.7 Å². The summed E-state index contributed by atoms with van der Waals surface area (Å²) in [6.45, 7) is 8.72. The van der Waals surface area contributed by atoms with Crippen molar-refractivity contribution in [2.75, 3.05) is 94.5 Å². The van der Waals surface area contributed by atoms with E-state index in [1.165, 1.54) is 11.1 Å². The number of carbonyl (C=O) groups excluding carboxylic acids is 1. The first kappa shape index (κ1) is 45.8. The normalized spacial score (nSPS) is 24.8. The molecule has 348 valence electrons. The molecule has 14 nitrogen and oxygen atoms in total. The van der Waals surface area contributed by atoms with E-state index >= 15 is 4.79 Å². The molecule has 1 fully saturated rings. The molecular formula is C50H66N2O12. The number of hydrogen-bond acceptors (Lipinski definition) is 13. The second kappa shape index (κ2) is 21.1. The number of methoxy groups -OCH3 is 4. The number of piperidine rings is 1. The lowest BCUT2D eigenvalue weighted by Crippen LogP contribution is -2.48. The zero-order chi connectivity index (χ0) is 44.7. The first-order valence-electron chi connectivity index (χ1n) is 23.0. The number of aliphatic hydroxyl groups excluding tert-OH is 1. The predicted octanol–water partition coefficient (Wildman–Crippen LogP) is 7.00. The van der Waals surface area contributed by atoms with Gasteiger partial charge in [-0.1, -0.05) is 19.4 Å². The Morgan fingerprint density at radius 1 is 0.781 bits per heavy atom. The molecule has 5 aliphatic heterocycles. The third-order valence-electron chi connectivity index (χ3n) is 14.0. The second-order valence-electron chi connectivity index (χ2n) is 17.2. The third-order valence-corrected chi connectivity index (χ3v) is 14.0. The number of hydrogen-bond donors (Lipinski definition) is 1. The van der Waals surface area contributed by atoms with Gasteiger partial charge in [0.2, 0.25) is 13.1 Å². The van der Waals surface area contributed by atoms with Gasteiger partial charge in [0.1, 0.15) is 0 Å². The lowest BCUT2D eigenvalue weighted by molar-refractivity contribution is -0.173. The Kier molecular flexibility index (Phi) is 15.1. The summed E-state index contributed by atoms with van der Waals surface area (Å²) < 4.78 is 59.2. The molecule has 5 heterocycles. The van der Waals surface area contributed by atoms with E-state index in [1.807, 2.05) is 36.1 Å². The average molecular weight is 887 g/mol. The molecule has 0 radical (unpaired) electrons. The summed E-state index contributed by atoms with van der Waals surface area (Å²) in [6, 6.07) is 14.4. The minimum Gasteiger partial charge on any atom is -0.493 e. The molecule has 0 aromatic heterocycles. The van der Waals surface area contributed by atoms with Crippen LogP contribution in [0, 0.1) is 17.8 Å². The van der Waals surface area contributed by atoms with Crippen LogP contribution in [0.4, 0.5) is 0 Å². The summed E-state index contributed by atoms with van der Waals surface area (Å²) >= 11 is 0. The molecule has 3 aromatic carbocycles. The van der Waals surface area contributed by atoms with Crippen LogP contribution in [0.5, 0.6) is 34.5 Å². The molecular weight excluding hydrogens is 821 g/mol. The van der Waals surface area contributed by atoms with Gasteiger partial charge >= 0.3 is 0 Å². The molecule has 0 spiro atoms. The number of ether oxygens (including phenoxy) is 10. The van der Waals surface area contributed by atoms with Crippen molar-refractivity contribution in [1.82, 2.24) is 9.80 Å². The fourth-order valence-corrected chi connectivity index (χ4v) is 10.7. The molecule has 0 aliphatic carbocycles. The molecule has 3 aromatic rings. The number of allylic oxidation sites excluding steroid dienone is 1. The first-order valence-corrected chi connectivity index (χ1v) is 23.0. The van der Waals surface area contributed by atoms with Crippen molar-refractivity contribution in [3.05, 3.63) is 82.1 Å². The van der Waals surface area contributed by atoms with Gasteiger partial charge in [-0.2, -0.15) is 0 Å². The van der Waals surface area contributed by atoms with E-state index in [1.54, 1.807) is 28.4 Å². The Morgan fingerprint density at radius 3 is 2.16 bits per heavy atom. The van der Waals surface area contributed by atoms with E-state index in [0.717, 1.165) is 67.0 Å². The van der Waals surface area contributed by atoms with Crippen LogP contribution in [0.15, 0.2) is 54.3 Å². The summed E-state index contributed by atoms with van der Waals surface area (Å²) in [4.78, 5) is 20.2. The molecule has 8 rings (SSSR count). The van der Waals surface area contributed by atoms with E-state index in [0.29, 0.717) is 80.6 Å². The van der Waals surface area contributed by atoms with Crippen LogP contribution in [0.2, 0.25) is 0 Å². The van der Waals surface area contributed by atoms with Gasteiger partial charge < -0.3 is 57.4 Å². The molecule has 64 heavy (non-hydrogen) atoms. The van der Waals surface area contributed by atoms with Crippen LogP contribution < -0.4 is 28.4 Å². The summed E-state index contributed by atoms with van der Waals surface area (Å²) in [7, 11) is 6.72. The fourth-order valence-electron chi connectivity index (χ4n) is 10.7. The van der Waals surface area contributed by atoms with E-state index in [4.69, 9.17) is 52.5 Å². The fraction of sp³-hybridized carbons (Fsp3) is 0.580. The van der Waals surface area contributed by atoms with Crippen LogP contribution >= 0.6 is 0 Å². The number of amides is 1. The Labute approximate surface area is 377 Å². The summed E-state index contributed by atoms with van der Waals surface area (Å²) in [5.41, 5.74) is 5.81. The SMILES string of the molecule is CCO[C@H]1OC(C(=O)N2CCc3cc(OC)c(OC)cc3[C@H]2C[C@H]2C[C@H]3c4cc(OC)c(OC)cc4CCN3C[C@@H]2CC)=C[C@@H](c2ccc3c(c2)OCO3)[C@H]1CCOCCOCCO. The largest absolute Gasteiger partial charge is 0.493 e. The summed E-state index contributed by atoms with van der Waals surface area (Å²) in [5, 5.41) is 9.09. The van der Waals surface area contributed by atoms with E-state index in [-0.39, 0.29) is 55.6 Å². The Bertz CT molecular complexity index is 2110. The monoisotopic (exact) mass is 886 g/mol. The molecule has 14 heteroatoms.